The van der Waals surface area contributed by atoms with E-state index >= 15 is 0 Å². The lowest BCUT2D eigenvalue weighted by Gasteiger charge is -2.07. The Morgan fingerprint density at radius 3 is 1.86 bits per heavy atom. The van der Waals surface area contributed by atoms with Crippen LogP contribution in [0.1, 0.15) is 90.4 Å². The Bertz CT molecular complexity index is 261. The maximum atomic E-state index is 10.3. The van der Waals surface area contributed by atoms with Gasteiger partial charge >= 0.3 is 5.97 Å². The average Bonchev–Trinajstić information content (AvgIpc) is 2.44. The van der Waals surface area contributed by atoms with E-state index < -0.39 is 5.97 Å². The first-order chi connectivity index (χ1) is 10.2. The molecule has 0 aromatic rings. The summed E-state index contributed by atoms with van der Waals surface area (Å²) in [7, 11) is 0. The zero-order valence-electron chi connectivity index (χ0n) is 13.7. The summed E-state index contributed by atoms with van der Waals surface area (Å²) in [6.45, 7) is 2.25. The van der Waals surface area contributed by atoms with Crippen molar-refractivity contribution in [1.82, 2.24) is 0 Å². The quantitative estimate of drug-likeness (QED) is 0.327. The van der Waals surface area contributed by atoms with Crippen LogP contribution >= 0.6 is 0 Å². The zero-order valence-corrected chi connectivity index (χ0v) is 13.7. The second-order valence-electron chi connectivity index (χ2n) is 5.95. The first-order valence-electron chi connectivity index (χ1n) is 8.74. The van der Waals surface area contributed by atoms with E-state index in [1.807, 2.05) is 0 Å². The summed E-state index contributed by atoms with van der Waals surface area (Å²) >= 11 is 0. The highest BCUT2D eigenvalue weighted by molar-refractivity contribution is 5.79. The molecule has 0 amide bonds. The highest BCUT2D eigenvalue weighted by Gasteiger charge is 2.01. The van der Waals surface area contributed by atoms with Crippen LogP contribution in [0.2, 0.25) is 0 Å². The van der Waals surface area contributed by atoms with Gasteiger partial charge in [0.15, 0.2) is 0 Å². The summed E-state index contributed by atoms with van der Waals surface area (Å²) in [6, 6.07) is 0. The monoisotopic (exact) mass is 298 g/mol. The fourth-order valence-corrected chi connectivity index (χ4v) is 2.49. The van der Waals surface area contributed by atoms with E-state index in [-0.39, 0.29) is 6.10 Å². The van der Waals surface area contributed by atoms with Gasteiger partial charge in [-0.1, -0.05) is 83.6 Å². The van der Waals surface area contributed by atoms with Gasteiger partial charge in [0, 0.05) is 6.08 Å². The second kappa shape index (κ2) is 15.6. The number of hydrogen-bond acceptors (Lipinski definition) is 2. The van der Waals surface area contributed by atoms with Crippen molar-refractivity contribution in [2.45, 2.75) is 96.5 Å². The molecule has 124 valence electrons. The van der Waals surface area contributed by atoms with Crippen LogP contribution in [-0.2, 0) is 4.79 Å². The first-order valence-corrected chi connectivity index (χ1v) is 8.74. The van der Waals surface area contributed by atoms with Crippen LogP contribution in [0.3, 0.4) is 0 Å². The molecule has 0 saturated carbocycles. The van der Waals surface area contributed by atoms with E-state index in [0.717, 1.165) is 18.9 Å². The fourth-order valence-electron chi connectivity index (χ4n) is 2.49. The molecule has 0 rings (SSSR count). The number of unbranched alkanes of at least 4 members (excludes halogenated alkanes) is 10. The van der Waals surface area contributed by atoms with Crippen molar-refractivity contribution in [1.29, 1.82) is 0 Å². The Hall–Kier alpha value is -0.830. The standard InChI is InChI=1S/C18H34O3/c1-2-3-4-5-6-7-8-9-10-11-12-14-17(19)15-13-16-18(20)21/h13,16-17,19H,2-12,14-15H2,1H3,(H,20,21)/b16-13+. The summed E-state index contributed by atoms with van der Waals surface area (Å²) in [5, 5.41) is 18.1. The molecular formula is C18H34O3. The minimum atomic E-state index is -0.947. The molecule has 0 aliphatic carbocycles. The number of rotatable bonds is 15. The number of aliphatic hydroxyl groups excluding tert-OH is 1. The van der Waals surface area contributed by atoms with Crippen LogP contribution in [0, 0.1) is 0 Å². The molecular weight excluding hydrogens is 264 g/mol. The molecule has 3 heteroatoms. The first kappa shape index (κ1) is 20.2. The number of hydrogen-bond donors (Lipinski definition) is 2. The van der Waals surface area contributed by atoms with Crippen LogP contribution in [-0.4, -0.2) is 22.3 Å². The van der Waals surface area contributed by atoms with E-state index in [9.17, 15) is 9.90 Å². The Kier molecular flexibility index (Phi) is 14.9. The highest BCUT2D eigenvalue weighted by atomic mass is 16.4. The van der Waals surface area contributed by atoms with Gasteiger partial charge in [0.1, 0.15) is 0 Å². The number of aliphatic carboxylic acids is 1. The van der Waals surface area contributed by atoms with Crippen LogP contribution < -0.4 is 0 Å². The molecule has 0 saturated heterocycles. The number of carbonyl (C=O) groups is 1. The molecule has 0 spiro atoms. The molecule has 0 radical (unpaired) electrons. The third-order valence-corrected chi connectivity index (χ3v) is 3.81. The maximum Gasteiger partial charge on any atom is 0.327 e. The highest BCUT2D eigenvalue weighted by Crippen LogP contribution is 2.13. The lowest BCUT2D eigenvalue weighted by Crippen LogP contribution is -2.04. The molecule has 1 atom stereocenters. The van der Waals surface area contributed by atoms with Gasteiger partial charge in [0.25, 0.3) is 0 Å². The van der Waals surface area contributed by atoms with Crippen molar-refractivity contribution >= 4 is 5.97 Å². The van der Waals surface area contributed by atoms with Gasteiger partial charge in [-0.3, -0.25) is 0 Å². The van der Waals surface area contributed by atoms with E-state index in [4.69, 9.17) is 5.11 Å². The Morgan fingerprint density at radius 1 is 0.905 bits per heavy atom. The molecule has 0 aromatic heterocycles. The molecule has 2 N–H and O–H groups in total. The predicted molar refractivity (Wildman–Crippen MR) is 88.5 cm³/mol. The molecule has 1 unspecified atom stereocenters. The molecule has 0 fully saturated rings. The Balaban J connectivity index is 3.19. The summed E-state index contributed by atoms with van der Waals surface area (Å²) in [4.78, 5) is 10.3. The molecule has 0 heterocycles. The minimum Gasteiger partial charge on any atom is -0.478 e. The van der Waals surface area contributed by atoms with Crippen LogP contribution in [0.25, 0.3) is 0 Å². The van der Waals surface area contributed by atoms with Gasteiger partial charge < -0.3 is 10.2 Å². The van der Waals surface area contributed by atoms with E-state index in [1.165, 1.54) is 70.3 Å². The third kappa shape index (κ3) is 17.1. The largest absolute Gasteiger partial charge is 0.478 e. The molecule has 0 aromatic carbocycles. The maximum absolute atomic E-state index is 10.3. The lowest BCUT2D eigenvalue weighted by atomic mass is 10.0. The Morgan fingerprint density at radius 2 is 1.38 bits per heavy atom. The third-order valence-electron chi connectivity index (χ3n) is 3.81. The zero-order chi connectivity index (χ0) is 15.8. The molecule has 0 bridgehead atoms. The van der Waals surface area contributed by atoms with Gasteiger partial charge in [-0.25, -0.2) is 4.79 Å². The topological polar surface area (TPSA) is 57.5 Å². The van der Waals surface area contributed by atoms with Gasteiger partial charge in [0.05, 0.1) is 6.10 Å². The van der Waals surface area contributed by atoms with Crippen molar-refractivity contribution < 1.29 is 15.0 Å². The normalized spacial score (nSPS) is 12.9. The second-order valence-corrected chi connectivity index (χ2v) is 5.95. The summed E-state index contributed by atoms with van der Waals surface area (Å²) in [5.41, 5.74) is 0. The molecule has 3 nitrogen and oxygen atoms in total. The fraction of sp³-hybridized carbons (Fsp3) is 0.833. The predicted octanol–water partition coefficient (Wildman–Crippen LogP) is 5.08. The van der Waals surface area contributed by atoms with Gasteiger partial charge in [-0.05, 0) is 12.8 Å². The van der Waals surface area contributed by atoms with Gasteiger partial charge in [0.2, 0.25) is 0 Å². The molecule has 21 heavy (non-hydrogen) atoms. The number of carboxylic acid groups (broad SMARTS) is 1. The van der Waals surface area contributed by atoms with E-state index in [1.54, 1.807) is 0 Å². The molecule has 0 aliphatic rings. The summed E-state index contributed by atoms with van der Waals surface area (Å²) < 4.78 is 0. The SMILES string of the molecule is CCCCCCCCCCCCCC(O)C/C=C/C(=O)O. The summed E-state index contributed by atoms with van der Waals surface area (Å²) in [6.07, 6.45) is 17.8. The van der Waals surface area contributed by atoms with E-state index in [2.05, 4.69) is 6.92 Å². The van der Waals surface area contributed by atoms with Crippen LogP contribution in [0.15, 0.2) is 12.2 Å². The van der Waals surface area contributed by atoms with Gasteiger partial charge in [-0.15, -0.1) is 0 Å². The van der Waals surface area contributed by atoms with Crippen molar-refractivity contribution in [2.75, 3.05) is 0 Å². The molecule has 0 aliphatic heterocycles. The number of aliphatic hydroxyl groups is 1. The van der Waals surface area contributed by atoms with Crippen LogP contribution in [0.5, 0.6) is 0 Å². The van der Waals surface area contributed by atoms with Crippen molar-refractivity contribution in [3.05, 3.63) is 12.2 Å². The van der Waals surface area contributed by atoms with E-state index in [0.29, 0.717) is 6.42 Å². The lowest BCUT2D eigenvalue weighted by molar-refractivity contribution is -0.131. The van der Waals surface area contributed by atoms with Crippen molar-refractivity contribution in [3.63, 3.8) is 0 Å². The van der Waals surface area contributed by atoms with Gasteiger partial charge in [-0.2, -0.15) is 0 Å². The smallest absolute Gasteiger partial charge is 0.327 e. The number of carboxylic acids is 1. The Labute approximate surface area is 130 Å². The van der Waals surface area contributed by atoms with Crippen molar-refractivity contribution in [3.8, 4) is 0 Å². The minimum absolute atomic E-state index is 0.390. The summed E-state index contributed by atoms with van der Waals surface area (Å²) in [5.74, 6) is -0.947. The van der Waals surface area contributed by atoms with Crippen LogP contribution in [0.4, 0.5) is 0 Å². The van der Waals surface area contributed by atoms with Crippen molar-refractivity contribution in [2.24, 2.45) is 0 Å². The average molecular weight is 298 g/mol.